The van der Waals surface area contributed by atoms with Gasteiger partial charge in [-0.25, -0.2) is 0 Å². The minimum atomic E-state index is -0.741. The third-order valence-corrected chi connectivity index (χ3v) is 4.52. The van der Waals surface area contributed by atoms with Crippen molar-refractivity contribution in [2.24, 2.45) is 4.99 Å². The molecule has 0 fully saturated rings. The summed E-state index contributed by atoms with van der Waals surface area (Å²) in [4.78, 5) is 19.7. The zero-order chi connectivity index (χ0) is 17.5. The maximum Gasteiger partial charge on any atom is 0.260 e. The molecule has 122 valence electrons. The lowest BCUT2D eigenvalue weighted by Crippen LogP contribution is -2.46. The molecule has 1 heterocycles. The van der Waals surface area contributed by atoms with Crippen molar-refractivity contribution in [1.82, 2.24) is 4.90 Å². The number of hydrogen-bond acceptors (Lipinski definition) is 3. The fourth-order valence-corrected chi connectivity index (χ4v) is 3.46. The summed E-state index contributed by atoms with van der Waals surface area (Å²) in [6.07, 6.45) is 0. The number of carbonyl (C=O) groups is 1. The quantitative estimate of drug-likeness (QED) is 0.733. The summed E-state index contributed by atoms with van der Waals surface area (Å²) in [5.74, 6) is -0.144. The Morgan fingerprint density at radius 1 is 1.17 bits per heavy atom. The van der Waals surface area contributed by atoms with E-state index in [-0.39, 0.29) is 5.91 Å². The molecule has 2 aromatic carbocycles. The lowest BCUT2D eigenvalue weighted by atomic mass is 10.1. The molecular formula is C19H17ClN2OS. The molecule has 3 nitrogen and oxygen atoms in total. The van der Waals surface area contributed by atoms with Crippen LogP contribution in [0.1, 0.15) is 35.3 Å². The molecule has 0 saturated carbocycles. The van der Waals surface area contributed by atoms with E-state index < -0.39 is 5.66 Å². The Hall–Kier alpha value is -2.04. The SMILES string of the molecule is Cc1cccc(C(=O)N2C(=S)C(c3cccc(Cl)c3)=NC2(C)C)c1. The summed E-state index contributed by atoms with van der Waals surface area (Å²) in [6, 6.07) is 14.8. The molecular weight excluding hydrogens is 340 g/mol. The summed E-state index contributed by atoms with van der Waals surface area (Å²) in [6.45, 7) is 5.72. The third-order valence-electron chi connectivity index (χ3n) is 3.90. The molecule has 0 radical (unpaired) electrons. The first-order valence-corrected chi connectivity index (χ1v) is 8.39. The van der Waals surface area contributed by atoms with Crippen molar-refractivity contribution >= 4 is 40.4 Å². The van der Waals surface area contributed by atoms with Crippen LogP contribution >= 0.6 is 23.8 Å². The Morgan fingerprint density at radius 3 is 2.54 bits per heavy atom. The lowest BCUT2D eigenvalue weighted by molar-refractivity contribution is 0.0758. The first kappa shape index (κ1) is 16.8. The topological polar surface area (TPSA) is 32.7 Å². The minimum absolute atomic E-state index is 0.144. The predicted octanol–water partition coefficient (Wildman–Crippen LogP) is 4.66. The molecule has 5 heteroatoms. The summed E-state index contributed by atoms with van der Waals surface area (Å²) in [7, 11) is 0. The van der Waals surface area contributed by atoms with Crippen LogP contribution in [-0.4, -0.2) is 27.2 Å². The summed E-state index contributed by atoms with van der Waals surface area (Å²) < 4.78 is 0. The Morgan fingerprint density at radius 2 is 1.88 bits per heavy atom. The standard InChI is InChI=1S/C19H17ClN2OS/c1-12-6-4-8-14(10-12)17(23)22-18(24)16(21-19(22,2)3)13-7-5-9-15(20)11-13/h4-11H,1-3H3. The van der Waals surface area contributed by atoms with Crippen LogP contribution in [-0.2, 0) is 0 Å². The van der Waals surface area contributed by atoms with Crippen molar-refractivity contribution in [2.75, 3.05) is 0 Å². The molecule has 1 amide bonds. The van der Waals surface area contributed by atoms with E-state index in [1.54, 1.807) is 17.0 Å². The number of hydrogen-bond donors (Lipinski definition) is 0. The van der Waals surface area contributed by atoms with Gasteiger partial charge >= 0.3 is 0 Å². The number of benzene rings is 2. The van der Waals surface area contributed by atoms with Crippen molar-refractivity contribution in [2.45, 2.75) is 26.4 Å². The molecule has 2 aromatic rings. The van der Waals surface area contributed by atoms with Crippen LogP contribution in [0.25, 0.3) is 0 Å². The normalized spacial score (nSPS) is 16.2. The van der Waals surface area contributed by atoms with Crippen molar-refractivity contribution in [3.05, 3.63) is 70.2 Å². The van der Waals surface area contributed by atoms with E-state index in [1.165, 1.54) is 0 Å². The van der Waals surface area contributed by atoms with Gasteiger partial charge in [-0.3, -0.25) is 14.7 Å². The van der Waals surface area contributed by atoms with E-state index in [4.69, 9.17) is 23.8 Å². The van der Waals surface area contributed by atoms with Crippen LogP contribution in [0.3, 0.4) is 0 Å². The average molecular weight is 357 g/mol. The van der Waals surface area contributed by atoms with Crippen LogP contribution in [0.4, 0.5) is 0 Å². The molecule has 24 heavy (non-hydrogen) atoms. The zero-order valence-corrected chi connectivity index (χ0v) is 15.3. The largest absolute Gasteiger partial charge is 0.272 e. The van der Waals surface area contributed by atoms with Gasteiger partial charge in [0.1, 0.15) is 16.4 Å². The number of halogens is 1. The van der Waals surface area contributed by atoms with E-state index >= 15 is 0 Å². The van der Waals surface area contributed by atoms with Gasteiger partial charge in [0.2, 0.25) is 0 Å². The number of aryl methyl sites for hydroxylation is 1. The van der Waals surface area contributed by atoms with E-state index in [2.05, 4.69) is 4.99 Å². The highest BCUT2D eigenvalue weighted by Gasteiger charge is 2.42. The van der Waals surface area contributed by atoms with E-state index in [0.717, 1.165) is 11.1 Å². The molecule has 0 aromatic heterocycles. The summed E-state index contributed by atoms with van der Waals surface area (Å²) in [5.41, 5.74) is 2.33. The molecule has 0 saturated heterocycles. The van der Waals surface area contributed by atoms with E-state index in [9.17, 15) is 4.79 Å². The Bertz CT molecular complexity index is 873. The number of aliphatic imine (C=N–C) groups is 1. The fourth-order valence-electron chi connectivity index (χ4n) is 2.80. The molecule has 0 bridgehead atoms. The molecule has 0 N–H and O–H groups in total. The third kappa shape index (κ3) is 2.99. The van der Waals surface area contributed by atoms with Gasteiger partial charge < -0.3 is 0 Å². The second-order valence-electron chi connectivity index (χ2n) is 6.28. The van der Waals surface area contributed by atoms with Crippen molar-refractivity contribution in [3.8, 4) is 0 Å². The van der Waals surface area contributed by atoms with Gasteiger partial charge in [-0.15, -0.1) is 0 Å². The minimum Gasteiger partial charge on any atom is -0.272 e. The van der Waals surface area contributed by atoms with Gasteiger partial charge in [-0.1, -0.05) is 53.6 Å². The molecule has 1 aliphatic rings. The van der Waals surface area contributed by atoms with Gasteiger partial charge in [0.05, 0.1) is 0 Å². The monoisotopic (exact) mass is 356 g/mol. The molecule has 3 rings (SSSR count). The smallest absolute Gasteiger partial charge is 0.260 e. The average Bonchev–Trinajstić information content (AvgIpc) is 2.76. The molecule has 0 unspecified atom stereocenters. The van der Waals surface area contributed by atoms with Crippen molar-refractivity contribution in [1.29, 1.82) is 0 Å². The Labute approximate surface area is 152 Å². The number of amides is 1. The molecule has 0 atom stereocenters. The maximum absolute atomic E-state index is 13.0. The number of carbonyl (C=O) groups excluding carboxylic acids is 1. The van der Waals surface area contributed by atoms with Crippen LogP contribution < -0.4 is 0 Å². The first-order valence-electron chi connectivity index (χ1n) is 7.61. The molecule has 1 aliphatic heterocycles. The van der Waals surface area contributed by atoms with E-state index in [1.807, 2.05) is 57.2 Å². The maximum atomic E-state index is 13.0. The molecule has 0 spiro atoms. The van der Waals surface area contributed by atoms with Crippen molar-refractivity contribution in [3.63, 3.8) is 0 Å². The number of rotatable bonds is 2. The van der Waals surface area contributed by atoms with Gasteiger partial charge in [0, 0.05) is 16.1 Å². The van der Waals surface area contributed by atoms with Crippen molar-refractivity contribution < 1.29 is 4.79 Å². The van der Waals surface area contributed by atoms with Crippen LogP contribution in [0.15, 0.2) is 53.5 Å². The highest BCUT2D eigenvalue weighted by atomic mass is 35.5. The Kier molecular flexibility index (Phi) is 4.28. The zero-order valence-electron chi connectivity index (χ0n) is 13.7. The second kappa shape index (κ2) is 6.11. The lowest BCUT2D eigenvalue weighted by Gasteiger charge is -2.29. The summed E-state index contributed by atoms with van der Waals surface area (Å²) >= 11 is 11.7. The van der Waals surface area contributed by atoms with E-state index in [0.29, 0.717) is 21.3 Å². The predicted molar refractivity (Wildman–Crippen MR) is 102 cm³/mol. The second-order valence-corrected chi connectivity index (χ2v) is 7.10. The number of nitrogens with zero attached hydrogens (tertiary/aromatic N) is 2. The Balaban J connectivity index is 2.00. The van der Waals surface area contributed by atoms with Gasteiger partial charge in [-0.2, -0.15) is 0 Å². The van der Waals surface area contributed by atoms with Gasteiger partial charge in [0.15, 0.2) is 0 Å². The number of thiocarbonyl (C=S) groups is 1. The van der Waals surface area contributed by atoms with Crippen LogP contribution in [0, 0.1) is 6.92 Å². The van der Waals surface area contributed by atoms with Gasteiger partial charge in [-0.05, 0) is 45.0 Å². The van der Waals surface area contributed by atoms with Gasteiger partial charge in [0.25, 0.3) is 5.91 Å². The first-order chi connectivity index (χ1) is 11.3. The van der Waals surface area contributed by atoms with Crippen LogP contribution in [0.2, 0.25) is 5.02 Å². The summed E-state index contributed by atoms with van der Waals surface area (Å²) in [5, 5.41) is 0.610. The van der Waals surface area contributed by atoms with Crippen LogP contribution in [0.5, 0.6) is 0 Å². The fraction of sp³-hybridized carbons (Fsp3) is 0.211. The highest BCUT2D eigenvalue weighted by Crippen LogP contribution is 2.30. The molecule has 0 aliphatic carbocycles. The highest BCUT2D eigenvalue weighted by molar-refractivity contribution is 7.82.